The fourth-order valence-electron chi connectivity index (χ4n) is 1.34. The summed E-state index contributed by atoms with van der Waals surface area (Å²) in [5.74, 6) is -2.39. The lowest BCUT2D eigenvalue weighted by Gasteiger charge is -2.32. The van der Waals surface area contributed by atoms with Gasteiger partial charge >= 0.3 is 11.9 Å². The molecule has 8 heteroatoms. The molecule has 0 spiro atoms. The average Bonchev–Trinajstić information content (AvgIpc) is 2.12. The van der Waals surface area contributed by atoms with Crippen LogP contribution < -0.4 is 11.1 Å². The minimum Gasteiger partial charge on any atom is -0.481 e. The molecule has 7 N–H and O–H groups in total. The molecule has 0 fully saturated rings. The number of aliphatic hydroxyl groups is 2. The van der Waals surface area contributed by atoms with Crippen LogP contribution in [0.4, 0.5) is 0 Å². The third-order valence-electron chi connectivity index (χ3n) is 2.07. The second-order valence-electron chi connectivity index (χ2n) is 3.49. The highest BCUT2D eigenvalue weighted by atomic mass is 16.5. The second-order valence-corrected chi connectivity index (χ2v) is 3.49. The molecule has 1 atom stereocenters. The van der Waals surface area contributed by atoms with Gasteiger partial charge in [0.2, 0.25) is 0 Å². The Labute approximate surface area is 91.7 Å². The van der Waals surface area contributed by atoms with Crippen LogP contribution in [0.5, 0.6) is 0 Å². The van der Waals surface area contributed by atoms with Gasteiger partial charge < -0.3 is 26.2 Å². The van der Waals surface area contributed by atoms with E-state index in [9.17, 15) is 9.59 Å². The van der Waals surface area contributed by atoms with Crippen molar-refractivity contribution in [2.24, 2.45) is 5.73 Å². The summed E-state index contributed by atoms with van der Waals surface area (Å²) in [7, 11) is 0. The first-order valence-electron chi connectivity index (χ1n) is 4.56. The van der Waals surface area contributed by atoms with Crippen LogP contribution in [0.15, 0.2) is 0 Å². The van der Waals surface area contributed by atoms with Gasteiger partial charge in [0.05, 0.1) is 13.0 Å². The number of hydrogen-bond acceptors (Lipinski definition) is 6. The Hall–Kier alpha value is -1.22. The SMILES string of the molecule is NCC(CC(=O)O)(CC(O)O)NCC(=O)O. The molecule has 0 saturated heterocycles. The Balaban J connectivity index is 4.65. The van der Waals surface area contributed by atoms with Crippen LogP contribution in [0, 0.1) is 0 Å². The van der Waals surface area contributed by atoms with Gasteiger partial charge in [0.15, 0.2) is 6.29 Å². The van der Waals surface area contributed by atoms with Crippen LogP contribution in [0.3, 0.4) is 0 Å². The lowest BCUT2D eigenvalue weighted by molar-refractivity contribution is -0.142. The van der Waals surface area contributed by atoms with E-state index in [1.165, 1.54) is 0 Å². The van der Waals surface area contributed by atoms with Gasteiger partial charge in [-0.25, -0.2) is 0 Å². The van der Waals surface area contributed by atoms with Crippen LogP contribution in [-0.2, 0) is 9.59 Å². The molecule has 0 aliphatic rings. The highest BCUT2D eigenvalue weighted by Crippen LogP contribution is 2.16. The lowest BCUT2D eigenvalue weighted by Crippen LogP contribution is -2.55. The van der Waals surface area contributed by atoms with Crippen molar-refractivity contribution in [3.63, 3.8) is 0 Å². The van der Waals surface area contributed by atoms with Gasteiger partial charge in [0, 0.05) is 18.5 Å². The van der Waals surface area contributed by atoms with Gasteiger partial charge in [-0.2, -0.15) is 0 Å². The first-order valence-corrected chi connectivity index (χ1v) is 4.56. The predicted octanol–water partition coefficient (Wildman–Crippen LogP) is -2.47. The summed E-state index contributed by atoms with van der Waals surface area (Å²) in [5, 5.41) is 37.2. The van der Waals surface area contributed by atoms with Gasteiger partial charge in [0.1, 0.15) is 0 Å². The molecule has 0 aromatic rings. The molecule has 0 aliphatic heterocycles. The summed E-state index contributed by atoms with van der Waals surface area (Å²) in [6.45, 7) is -0.721. The maximum absolute atomic E-state index is 10.6. The molecule has 1 unspecified atom stereocenters. The first-order chi connectivity index (χ1) is 7.31. The minimum atomic E-state index is -1.76. The van der Waals surface area contributed by atoms with Crippen molar-refractivity contribution in [2.45, 2.75) is 24.7 Å². The molecule has 0 aromatic carbocycles. The van der Waals surface area contributed by atoms with E-state index in [1.807, 2.05) is 0 Å². The molecule has 0 aliphatic carbocycles. The number of carboxylic acid groups (broad SMARTS) is 2. The smallest absolute Gasteiger partial charge is 0.317 e. The molecule has 0 bridgehead atoms. The predicted molar refractivity (Wildman–Crippen MR) is 52.5 cm³/mol. The maximum atomic E-state index is 10.6. The molecule has 0 rings (SSSR count). The van der Waals surface area contributed by atoms with Crippen molar-refractivity contribution in [1.29, 1.82) is 0 Å². The average molecular weight is 236 g/mol. The van der Waals surface area contributed by atoms with Crippen LogP contribution in [0.1, 0.15) is 12.8 Å². The highest BCUT2D eigenvalue weighted by molar-refractivity contribution is 5.70. The van der Waals surface area contributed by atoms with Gasteiger partial charge in [-0.15, -0.1) is 0 Å². The number of carbonyl (C=O) groups is 2. The van der Waals surface area contributed by atoms with E-state index >= 15 is 0 Å². The quantitative estimate of drug-likeness (QED) is 0.253. The monoisotopic (exact) mass is 236 g/mol. The van der Waals surface area contributed by atoms with Crippen molar-refractivity contribution in [1.82, 2.24) is 5.32 Å². The fourth-order valence-corrected chi connectivity index (χ4v) is 1.34. The summed E-state index contributed by atoms with van der Waals surface area (Å²) >= 11 is 0. The van der Waals surface area contributed by atoms with E-state index in [0.717, 1.165) is 0 Å². The van der Waals surface area contributed by atoms with E-state index in [0.29, 0.717) is 0 Å². The van der Waals surface area contributed by atoms with Crippen molar-refractivity contribution in [3.05, 3.63) is 0 Å². The van der Waals surface area contributed by atoms with Gasteiger partial charge in [-0.1, -0.05) is 0 Å². The number of nitrogens with one attached hydrogen (secondary N) is 1. The number of nitrogens with two attached hydrogens (primary N) is 1. The van der Waals surface area contributed by atoms with Crippen LogP contribution >= 0.6 is 0 Å². The standard InChI is InChI=1S/C8H16N2O6/c9-4-8(1-5(11)12,2-6(13)14)10-3-7(15)16/h5,10-12H,1-4,9H2,(H,13,14)(H,15,16). The number of aliphatic hydroxyl groups excluding tert-OH is 1. The largest absolute Gasteiger partial charge is 0.481 e. The maximum Gasteiger partial charge on any atom is 0.317 e. The van der Waals surface area contributed by atoms with Crippen LogP contribution in [0.2, 0.25) is 0 Å². The summed E-state index contributed by atoms with van der Waals surface area (Å²) in [5.41, 5.74) is 4.01. The Morgan fingerprint density at radius 2 is 1.81 bits per heavy atom. The van der Waals surface area contributed by atoms with Crippen LogP contribution in [-0.4, -0.2) is 57.3 Å². The van der Waals surface area contributed by atoms with Gasteiger partial charge in [0.25, 0.3) is 0 Å². The molecule has 16 heavy (non-hydrogen) atoms. The molecule has 0 radical (unpaired) electrons. The van der Waals surface area contributed by atoms with Gasteiger partial charge in [-0.3, -0.25) is 14.9 Å². The van der Waals surface area contributed by atoms with E-state index in [1.54, 1.807) is 0 Å². The third kappa shape index (κ3) is 5.61. The minimum absolute atomic E-state index is 0.218. The highest BCUT2D eigenvalue weighted by Gasteiger charge is 2.33. The topological polar surface area (TPSA) is 153 Å². The molecule has 94 valence electrons. The summed E-state index contributed by atoms with van der Waals surface area (Å²) < 4.78 is 0. The molecular weight excluding hydrogens is 220 g/mol. The van der Waals surface area contributed by atoms with Crippen LogP contribution in [0.25, 0.3) is 0 Å². The number of aliphatic carboxylic acids is 2. The number of hydrogen-bond donors (Lipinski definition) is 6. The molecule has 8 nitrogen and oxygen atoms in total. The summed E-state index contributed by atoms with van der Waals surface area (Å²) in [6, 6.07) is 0. The molecule has 0 amide bonds. The van der Waals surface area contributed by atoms with E-state index in [-0.39, 0.29) is 13.0 Å². The molecular formula is C8H16N2O6. The normalized spacial score (nSPS) is 14.8. The van der Waals surface area contributed by atoms with Crippen molar-refractivity contribution in [2.75, 3.05) is 13.1 Å². The zero-order chi connectivity index (χ0) is 12.8. The van der Waals surface area contributed by atoms with Crippen molar-refractivity contribution >= 4 is 11.9 Å². The summed E-state index contributed by atoms with van der Waals surface area (Å²) in [4.78, 5) is 21.0. The van der Waals surface area contributed by atoms with Gasteiger partial charge in [-0.05, 0) is 0 Å². The molecule has 0 aromatic heterocycles. The van der Waals surface area contributed by atoms with E-state index in [2.05, 4.69) is 5.32 Å². The molecule has 0 saturated carbocycles. The van der Waals surface area contributed by atoms with Crippen molar-refractivity contribution in [3.8, 4) is 0 Å². The third-order valence-corrected chi connectivity index (χ3v) is 2.07. The van der Waals surface area contributed by atoms with E-state index in [4.69, 9.17) is 26.2 Å². The Bertz CT molecular complexity index is 257. The lowest BCUT2D eigenvalue weighted by atomic mass is 9.90. The van der Waals surface area contributed by atoms with Crippen molar-refractivity contribution < 1.29 is 30.0 Å². The zero-order valence-corrected chi connectivity index (χ0v) is 8.59. The van der Waals surface area contributed by atoms with E-state index < -0.39 is 36.7 Å². The Morgan fingerprint density at radius 1 is 1.25 bits per heavy atom. The number of carboxylic acids is 2. The zero-order valence-electron chi connectivity index (χ0n) is 8.59. The number of rotatable bonds is 8. The Kier molecular flexibility index (Phi) is 5.89. The first kappa shape index (κ1) is 14.8. The Morgan fingerprint density at radius 3 is 2.12 bits per heavy atom. The molecule has 0 heterocycles. The summed E-state index contributed by atoms with van der Waals surface area (Å²) in [6.07, 6.45) is -2.61. The second kappa shape index (κ2) is 6.38. The fraction of sp³-hybridized carbons (Fsp3) is 0.750.